The van der Waals surface area contributed by atoms with Gasteiger partial charge in [0.15, 0.2) is 0 Å². The average molecular weight is 309 g/mol. The molecule has 2 aliphatic rings. The van der Waals surface area contributed by atoms with Crippen molar-refractivity contribution in [1.29, 1.82) is 0 Å². The smallest absolute Gasteiger partial charge is 0.265 e. The normalized spacial score (nSPS) is 24.2. The number of hydrogen-bond acceptors (Lipinski definition) is 5. The second-order valence-electron chi connectivity index (χ2n) is 5.85. The molecule has 0 unspecified atom stereocenters. The van der Waals surface area contributed by atoms with Crippen LogP contribution >= 0.6 is 11.3 Å². The monoisotopic (exact) mass is 309 g/mol. The molecular formula is C15H23N3O2S. The fourth-order valence-electron chi connectivity index (χ4n) is 3.08. The van der Waals surface area contributed by atoms with E-state index in [4.69, 9.17) is 4.74 Å². The summed E-state index contributed by atoms with van der Waals surface area (Å²) >= 11 is 1.45. The number of carbonyl (C=O) groups excluding carboxylic acids is 1. The molecular weight excluding hydrogens is 286 g/mol. The van der Waals surface area contributed by atoms with Crippen LogP contribution in [-0.2, 0) is 4.74 Å². The van der Waals surface area contributed by atoms with Crippen molar-refractivity contribution in [2.45, 2.75) is 32.3 Å². The molecule has 21 heavy (non-hydrogen) atoms. The van der Waals surface area contributed by atoms with Crippen LogP contribution in [0.3, 0.4) is 0 Å². The first-order chi connectivity index (χ1) is 10.2. The Bertz CT molecular complexity index is 485. The maximum Gasteiger partial charge on any atom is 0.265 e. The molecule has 2 aliphatic heterocycles. The van der Waals surface area contributed by atoms with Crippen LogP contribution in [0.1, 0.15) is 34.6 Å². The van der Waals surface area contributed by atoms with Crippen LogP contribution in [0, 0.1) is 6.92 Å². The van der Waals surface area contributed by atoms with E-state index in [2.05, 4.69) is 9.88 Å². The van der Waals surface area contributed by atoms with Gasteiger partial charge in [0, 0.05) is 32.8 Å². The Morgan fingerprint density at radius 3 is 3.00 bits per heavy atom. The fraction of sp³-hybridized carbons (Fsp3) is 0.733. The summed E-state index contributed by atoms with van der Waals surface area (Å²) in [7, 11) is 0. The highest BCUT2D eigenvalue weighted by atomic mass is 32.1. The minimum absolute atomic E-state index is 0.147. The standard InChI is InChI=1S/C15H23N3O2S/c1-12-14(21-11-16-12)15(19)18-6-3-5-17(7-8-18)10-13-4-2-9-20-13/h11,13H,2-10H2,1H3/t13-/m1/s1. The van der Waals surface area contributed by atoms with Crippen molar-refractivity contribution in [3.8, 4) is 0 Å². The summed E-state index contributed by atoms with van der Waals surface area (Å²) < 4.78 is 5.72. The van der Waals surface area contributed by atoms with Crippen LogP contribution < -0.4 is 0 Å². The van der Waals surface area contributed by atoms with E-state index >= 15 is 0 Å². The molecule has 1 amide bonds. The summed E-state index contributed by atoms with van der Waals surface area (Å²) in [5.74, 6) is 0.147. The van der Waals surface area contributed by atoms with Gasteiger partial charge < -0.3 is 9.64 Å². The number of ether oxygens (including phenoxy) is 1. The Morgan fingerprint density at radius 1 is 1.38 bits per heavy atom. The van der Waals surface area contributed by atoms with Gasteiger partial charge in [0.1, 0.15) is 4.88 Å². The molecule has 2 fully saturated rings. The van der Waals surface area contributed by atoms with Gasteiger partial charge >= 0.3 is 0 Å². The molecule has 116 valence electrons. The van der Waals surface area contributed by atoms with Crippen molar-refractivity contribution in [2.24, 2.45) is 0 Å². The number of aromatic nitrogens is 1. The third kappa shape index (κ3) is 3.62. The minimum Gasteiger partial charge on any atom is -0.377 e. The lowest BCUT2D eigenvalue weighted by atomic mass is 10.2. The molecule has 1 aromatic rings. The van der Waals surface area contributed by atoms with E-state index in [-0.39, 0.29) is 5.91 Å². The lowest BCUT2D eigenvalue weighted by Crippen LogP contribution is -2.37. The van der Waals surface area contributed by atoms with Crippen molar-refractivity contribution in [2.75, 3.05) is 39.3 Å². The van der Waals surface area contributed by atoms with E-state index in [9.17, 15) is 4.79 Å². The molecule has 1 atom stereocenters. The Morgan fingerprint density at radius 2 is 2.29 bits per heavy atom. The van der Waals surface area contributed by atoms with Crippen molar-refractivity contribution < 1.29 is 9.53 Å². The molecule has 3 rings (SSSR count). The number of amides is 1. The van der Waals surface area contributed by atoms with Gasteiger partial charge in [-0.2, -0.15) is 0 Å². The van der Waals surface area contributed by atoms with Crippen molar-refractivity contribution in [3.05, 3.63) is 16.1 Å². The first-order valence-electron chi connectivity index (χ1n) is 7.77. The Kier molecular flexibility index (Phi) is 4.87. The molecule has 0 saturated carbocycles. The van der Waals surface area contributed by atoms with E-state index in [0.717, 1.165) is 56.3 Å². The molecule has 0 spiro atoms. The number of rotatable bonds is 3. The zero-order valence-corrected chi connectivity index (χ0v) is 13.4. The fourth-order valence-corrected chi connectivity index (χ4v) is 3.85. The Balaban J connectivity index is 1.55. The molecule has 6 heteroatoms. The van der Waals surface area contributed by atoms with Gasteiger partial charge in [-0.15, -0.1) is 11.3 Å². The first kappa shape index (κ1) is 14.9. The number of thiazole rings is 1. The summed E-state index contributed by atoms with van der Waals surface area (Å²) in [4.78, 5) is 21.9. The minimum atomic E-state index is 0.147. The highest BCUT2D eigenvalue weighted by Crippen LogP contribution is 2.18. The number of aryl methyl sites for hydroxylation is 1. The van der Waals surface area contributed by atoms with Gasteiger partial charge in [-0.25, -0.2) is 4.98 Å². The second kappa shape index (κ2) is 6.85. The molecule has 1 aromatic heterocycles. The highest BCUT2D eigenvalue weighted by molar-refractivity contribution is 7.11. The molecule has 0 aromatic carbocycles. The SMILES string of the molecule is Cc1ncsc1C(=O)N1CCCN(C[C@H]2CCCO2)CC1. The Hall–Kier alpha value is -0.980. The summed E-state index contributed by atoms with van der Waals surface area (Å²) in [6.07, 6.45) is 3.81. The van der Waals surface area contributed by atoms with E-state index in [0.29, 0.717) is 6.10 Å². The maximum atomic E-state index is 12.5. The summed E-state index contributed by atoms with van der Waals surface area (Å²) in [5, 5.41) is 0. The van der Waals surface area contributed by atoms with Crippen molar-refractivity contribution >= 4 is 17.2 Å². The van der Waals surface area contributed by atoms with Crippen molar-refractivity contribution in [1.82, 2.24) is 14.8 Å². The Labute approximate surface area is 129 Å². The van der Waals surface area contributed by atoms with Gasteiger partial charge in [-0.3, -0.25) is 9.69 Å². The first-order valence-corrected chi connectivity index (χ1v) is 8.65. The van der Waals surface area contributed by atoms with Crippen LogP contribution in [-0.4, -0.2) is 66.1 Å². The van der Waals surface area contributed by atoms with Crippen LogP contribution in [0.4, 0.5) is 0 Å². The molecule has 2 saturated heterocycles. The second-order valence-corrected chi connectivity index (χ2v) is 6.70. The van der Waals surface area contributed by atoms with Crippen LogP contribution in [0.25, 0.3) is 0 Å². The highest BCUT2D eigenvalue weighted by Gasteiger charge is 2.25. The summed E-state index contributed by atoms with van der Waals surface area (Å²) in [6.45, 7) is 7.50. The van der Waals surface area contributed by atoms with Crippen molar-refractivity contribution in [3.63, 3.8) is 0 Å². The number of carbonyl (C=O) groups is 1. The lowest BCUT2D eigenvalue weighted by Gasteiger charge is -2.23. The third-order valence-electron chi connectivity index (χ3n) is 4.30. The van der Waals surface area contributed by atoms with E-state index in [1.807, 2.05) is 11.8 Å². The number of hydrogen-bond donors (Lipinski definition) is 0. The average Bonchev–Trinajstić information content (AvgIpc) is 3.07. The maximum absolute atomic E-state index is 12.5. The zero-order valence-electron chi connectivity index (χ0n) is 12.6. The predicted octanol–water partition coefficient (Wildman–Crippen LogP) is 1.78. The molecule has 5 nitrogen and oxygen atoms in total. The van der Waals surface area contributed by atoms with Gasteiger partial charge in [-0.1, -0.05) is 0 Å². The van der Waals surface area contributed by atoms with Gasteiger partial charge in [-0.05, 0) is 32.7 Å². The largest absolute Gasteiger partial charge is 0.377 e. The quantitative estimate of drug-likeness (QED) is 0.854. The number of nitrogens with zero attached hydrogens (tertiary/aromatic N) is 3. The topological polar surface area (TPSA) is 45.7 Å². The van der Waals surface area contributed by atoms with Gasteiger partial charge in [0.2, 0.25) is 0 Å². The third-order valence-corrected chi connectivity index (χ3v) is 5.22. The van der Waals surface area contributed by atoms with Gasteiger partial charge in [0.25, 0.3) is 5.91 Å². The summed E-state index contributed by atoms with van der Waals surface area (Å²) in [6, 6.07) is 0. The molecule has 0 N–H and O–H groups in total. The van der Waals surface area contributed by atoms with Gasteiger partial charge in [0.05, 0.1) is 17.3 Å². The van der Waals surface area contributed by atoms with Crippen LogP contribution in [0.2, 0.25) is 0 Å². The molecule has 3 heterocycles. The zero-order chi connectivity index (χ0) is 14.7. The van der Waals surface area contributed by atoms with E-state index < -0.39 is 0 Å². The molecule has 0 bridgehead atoms. The summed E-state index contributed by atoms with van der Waals surface area (Å²) in [5.41, 5.74) is 2.61. The van der Waals surface area contributed by atoms with Crippen LogP contribution in [0.5, 0.6) is 0 Å². The predicted molar refractivity (Wildman–Crippen MR) is 82.8 cm³/mol. The van der Waals surface area contributed by atoms with E-state index in [1.165, 1.54) is 24.2 Å². The van der Waals surface area contributed by atoms with E-state index in [1.54, 1.807) is 5.51 Å². The molecule has 0 aliphatic carbocycles. The molecule has 0 radical (unpaired) electrons. The lowest BCUT2D eigenvalue weighted by molar-refractivity contribution is 0.0706. The van der Waals surface area contributed by atoms with Crippen LogP contribution in [0.15, 0.2) is 5.51 Å².